The van der Waals surface area contributed by atoms with E-state index >= 15 is 0 Å². The van der Waals surface area contributed by atoms with Crippen molar-refractivity contribution in [3.63, 3.8) is 0 Å². The molecule has 6 nitrogen and oxygen atoms in total. The minimum atomic E-state index is -0.867. The van der Waals surface area contributed by atoms with Gasteiger partial charge in [-0.05, 0) is 24.1 Å². The Labute approximate surface area is 130 Å². The van der Waals surface area contributed by atoms with Crippen molar-refractivity contribution in [2.75, 3.05) is 26.9 Å². The minimum absolute atomic E-state index is 0.0307. The molecular formula is C16H23NO5. The number of hydrogen-bond donors (Lipinski definition) is 2. The summed E-state index contributed by atoms with van der Waals surface area (Å²) in [5.74, 6) is -0.593. The molecule has 6 heteroatoms. The molecule has 0 saturated carbocycles. The van der Waals surface area contributed by atoms with Crippen LogP contribution in [0.2, 0.25) is 0 Å². The fraction of sp³-hybridized carbons (Fsp3) is 0.500. The van der Waals surface area contributed by atoms with Crippen LogP contribution in [0.1, 0.15) is 30.1 Å². The SMILES string of the molecule is COCCCOc1cccc(C(=O)NCC(C)CC(=O)O)c1. The number of nitrogens with one attached hydrogen (secondary N) is 1. The maximum absolute atomic E-state index is 12.0. The third-order valence-electron chi connectivity index (χ3n) is 2.99. The first-order valence-corrected chi connectivity index (χ1v) is 7.24. The molecule has 122 valence electrons. The molecule has 1 aromatic carbocycles. The summed E-state index contributed by atoms with van der Waals surface area (Å²) in [5, 5.41) is 11.4. The van der Waals surface area contributed by atoms with E-state index in [0.29, 0.717) is 31.1 Å². The van der Waals surface area contributed by atoms with Crippen LogP contribution in [0.25, 0.3) is 0 Å². The number of amides is 1. The molecule has 1 aromatic rings. The Hall–Kier alpha value is -2.08. The molecule has 1 amide bonds. The second kappa shape index (κ2) is 9.78. The number of carboxylic acid groups (broad SMARTS) is 1. The van der Waals surface area contributed by atoms with Crippen molar-refractivity contribution in [2.24, 2.45) is 5.92 Å². The van der Waals surface area contributed by atoms with Gasteiger partial charge in [0.1, 0.15) is 5.75 Å². The quantitative estimate of drug-likeness (QED) is 0.645. The largest absolute Gasteiger partial charge is 0.493 e. The molecule has 22 heavy (non-hydrogen) atoms. The average Bonchev–Trinajstić information content (AvgIpc) is 2.49. The van der Waals surface area contributed by atoms with Crippen LogP contribution in [0.15, 0.2) is 24.3 Å². The molecule has 0 heterocycles. The molecule has 1 atom stereocenters. The van der Waals surface area contributed by atoms with E-state index < -0.39 is 5.97 Å². The lowest BCUT2D eigenvalue weighted by Gasteiger charge is -2.11. The molecule has 2 N–H and O–H groups in total. The lowest BCUT2D eigenvalue weighted by molar-refractivity contribution is -0.137. The number of ether oxygens (including phenoxy) is 2. The molecule has 0 aliphatic rings. The van der Waals surface area contributed by atoms with Gasteiger partial charge in [-0.1, -0.05) is 13.0 Å². The molecule has 0 fully saturated rings. The average molecular weight is 309 g/mol. The zero-order chi connectivity index (χ0) is 16.4. The summed E-state index contributed by atoms with van der Waals surface area (Å²) >= 11 is 0. The fourth-order valence-corrected chi connectivity index (χ4v) is 1.86. The normalized spacial score (nSPS) is 11.7. The van der Waals surface area contributed by atoms with Gasteiger partial charge < -0.3 is 19.9 Å². The predicted octanol–water partition coefficient (Wildman–Crippen LogP) is 1.94. The lowest BCUT2D eigenvalue weighted by atomic mass is 10.1. The van der Waals surface area contributed by atoms with Gasteiger partial charge >= 0.3 is 5.97 Å². The molecule has 1 rings (SSSR count). The number of carboxylic acids is 1. The second-order valence-corrected chi connectivity index (χ2v) is 5.14. The van der Waals surface area contributed by atoms with Crippen LogP contribution in [0.4, 0.5) is 0 Å². The number of rotatable bonds is 10. The Morgan fingerprint density at radius 2 is 2.09 bits per heavy atom. The smallest absolute Gasteiger partial charge is 0.303 e. The highest BCUT2D eigenvalue weighted by molar-refractivity contribution is 5.94. The Bertz CT molecular complexity index is 489. The number of methoxy groups -OCH3 is 1. The van der Waals surface area contributed by atoms with E-state index in [4.69, 9.17) is 14.6 Å². The maximum Gasteiger partial charge on any atom is 0.303 e. The van der Waals surface area contributed by atoms with Crippen LogP contribution in [-0.4, -0.2) is 43.9 Å². The van der Waals surface area contributed by atoms with E-state index in [1.807, 2.05) is 0 Å². The van der Waals surface area contributed by atoms with Gasteiger partial charge in [-0.25, -0.2) is 0 Å². The van der Waals surface area contributed by atoms with Crippen LogP contribution < -0.4 is 10.1 Å². The van der Waals surface area contributed by atoms with Gasteiger partial charge in [-0.3, -0.25) is 9.59 Å². The zero-order valence-corrected chi connectivity index (χ0v) is 13.0. The first-order valence-electron chi connectivity index (χ1n) is 7.24. The molecule has 0 aromatic heterocycles. The first kappa shape index (κ1) is 18.0. The van der Waals surface area contributed by atoms with E-state index in [1.165, 1.54) is 0 Å². The van der Waals surface area contributed by atoms with Crippen molar-refractivity contribution in [3.05, 3.63) is 29.8 Å². The van der Waals surface area contributed by atoms with Crippen molar-refractivity contribution in [2.45, 2.75) is 19.8 Å². The molecule has 0 aliphatic heterocycles. The first-order chi connectivity index (χ1) is 10.5. The molecule has 0 saturated heterocycles. The standard InChI is InChI=1S/C16H23NO5/c1-12(9-15(18)19)11-17-16(20)13-5-3-6-14(10-13)22-8-4-7-21-2/h3,5-6,10,12H,4,7-9,11H2,1-2H3,(H,17,20)(H,18,19). The number of carbonyl (C=O) groups excluding carboxylic acids is 1. The highest BCUT2D eigenvalue weighted by atomic mass is 16.5. The van der Waals surface area contributed by atoms with E-state index in [1.54, 1.807) is 38.3 Å². The Morgan fingerprint density at radius 3 is 2.77 bits per heavy atom. The van der Waals surface area contributed by atoms with Gasteiger partial charge in [-0.2, -0.15) is 0 Å². The van der Waals surface area contributed by atoms with Gasteiger partial charge in [0.15, 0.2) is 0 Å². The summed E-state index contributed by atoms with van der Waals surface area (Å²) in [6.07, 6.45) is 0.808. The third kappa shape index (κ3) is 7.08. The van der Waals surface area contributed by atoms with Crippen molar-refractivity contribution in [1.82, 2.24) is 5.32 Å². The number of benzene rings is 1. The van der Waals surface area contributed by atoms with Crippen molar-refractivity contribution < 1.29 is 24.2 Å². The number of aliphatic carboxylic acids is 1. The van der Waals surface area contributed by atoms with Crippen LogP contribution in [0, 0.1) is 5.92 Å². The highest BCUT2D eigenvalue weighted by Gasteiger charge is 2.11. The zero-order valence-electron chi connectivity index (χ0n) is 13.0. The monoisotopic (exact) mass is 309 g/mol. The van der Waals surface area contributed by atoms with Crippen LogP contribution in [0.3, 0.4) is 0 Å². The van der Waals surface area contributed by atoms with Gasteiger partial charge in [0.25, 0.3) is 5.91 Å². The van der Waals surface area contributed by atoms with Crippen LogP contribution in [0.5, 0.6) is 5.75 Å². The molecule has 0 aliphatic carbocycles. The van der Waals surface area contributed by atoms with E-state index in [9.17, 15) is 9.59 Å². The highest BCUT2D eigenvalue weighted by Crippen LogP contribution is 2.13. The van der Waals surface area contributed by atoms with Crippen molar-refractivity contribution in [1.29, 1.82) is 0 Å². The Kier molecular flexibility index (Phi) is 7.99. The number of hydrogen-bond acceptors (Lipinski definition) is 4. The van der Waals surface area contributed by atoms with Gasteiger partial charge in [0.2, 0.25) is 0 Å². The summed E-state index contributed by atoms with van der Waals surface area (Å²) in [6.45, 7) is 3.25. The molecule has 1 unspecified atom stereocenters. The van der Waals surface area contributed by atoms with E-state index in [2.05, 4.69) is 5.32 Å². The molecule has 0 radical (unpaired) electrons. The van der Waals surface area contributed by atoms with E-state index in [0.717, 1.165) is 6.42 Å². The lowest BCUT2D eigenvalue weighted by Crippen LogP contribution is -2.29. The van der Waals surface area contributed by atoms with Crippen LogP contribution in [-0.2, 0) is 9.53 Å². The van der Waals surface area contributed by atoms with E-state index in [-0.39, 0.29) is 18.2 Å². The molecule has 0 bridgehead atoms. The molecular weight excluding hydrogens is 286 g/mol. The van der Waals surface area contributed by atoms with Gasteiger partial charge in [-0.15, -0.1) is 0 Å². The third-order valence-corrected chi connectivity index (χ3v) is 2.99. The topological polar surface area (TPSA) is 84.9 Å². The number of carbonyl (C=O) groups is 2. The van der Waals surface area contributed by atoms with Gasteiger partial charge in [0.05, 0.1) is 6.61 Å². The summed E-state index contributed by atoms with van der Waals surface area (Å²) in [6, 6.07) is 6.90. The Balaban J connectivity index is 2.46. The minimum Gasteiger partial charge on any atom is -0.493 e. The maximum atomic E-state index is 12.0. The molecule has 0 spiro atoms. The second-order valence-electron chi connectivity index (χ2n) is 5.14. The van der Waals surface area contributed by atoms with Crippen molar-refractivity contribution in [3.8, 4) is 5.75 Å². The summed E-state index contributed by atoms with van der Waals surface area (Å²) in [5.41, 5.74) is 0.492. The van der Waals surface area contributed by atoms with Gasteiger partial charge in [0, 0.05) is 38.7 Å². The Morgan fingerprint density at radius 1 is 1.32 bits per heavy atom. The summed E-state index contributed by atoms with van der Waals surface area (Å²) in [7, 11) is 1.64. The van der Waals surface area contributed by atoms with Crippen LogP contribution >= 0.6 is 0 Å². The summed E-state index contributed by atoms with van der Waals surface area (Å²) in [4.78, 5) is 22.6. The fourth-order valence-electron chi connectivity index (χ4n) is 1.86. The predicted molar refractivity (Wildman–Crippen MR) is 82.2 cm³/mol. The summed E-state index contributed by atoms with van der Waals surface area (Å²) < 4.78 is 10.5. The van der Waals surface area contributed by atoms with Crippen molar-refractivity contribution >= 4 is 11.9 Å².